The number of nitrogens with one attached hydrogen (secondary N) is 2. The third-order valence-corrected chi connectivity index (χ3v) is 3.59. The fraction of sp³-hybridized carbons (Fsp3) is 0.143. The first-order valence-electron chi connectivity index (χ1n) is 6.25. The van der Waals surface area contributed by atoms with Gasteiger partial charge < -0.3 is 10.6 Å². The second kappa shape index (κ2) is 4.78. The number of benzene rings is 1. The van der Waals surface area contributed by atoms with Gasteiger partial charge in [0.2, 0.25) is 17.7 Å². The number of aromatic nitrogens is 1. The number of hydrogen-bond acceptors (Lipinski definition) is 4. The smallest absolute Gasteiger partial charge is 0.243 e. The number of carbonyl (C=O) groups is 3. The summed E-state index contributed by atoms with van der Waals surface area (Å²) in [4.78, 5) is 35.9. The molecule has 0 aliphatic carbocycles. The first-order valence-corrected chi connectivity index (χ1v) is 6.66. The summed E-state index contributed by atoms with van der Waals surface area (Å²) in [6, 6.07) is 7.13. The predicted molar refractivity (Wildman–Crippen MR) is 79.9 cm³/mol. The summed E-state index contributed by atoms with van der Waals surface area (Å²) in [5.41, 5.74) is 1.15. The topological polar surface area (TPSA) is 80.2 Å². The molecule has 1 aromatic carbocycles. The van der Waals surface area contributed by atoms with Gasteiger partial charge in [0, 0.05) is 18.5 Å². The van der Waals surface area contributed by atoms with Crippen LogP contribution in [0.5, 0.6) is 0 Å². The minimum atomic E-state index is -1.03. The monoisotopic (exact) mass is 301 g/mol. The molecule has 2 aromatic rings. The van der Waals surface area contributed by atoms with E-state index in [1.807, 2.05) is 0 Å². The number of hydrogen-bond donors (Lipinski definition) is 2. The maximum atomic E-state index is 12.1. The summed E-state index contributed by atoms with van der Waals surface area (Å²) in [6.45, 7) is 1.42. The van der Waals surface area contributed by atoms with Crippen molar-refractivity contribution in [2.45, 2.75) is 12.8 Å². The van der Waals surface area contributed by atoms with Gasteiger partial charge in [-0.2, -0.15) is 0 Å². The maximum Gasteiger partial charge on any atom is 0.243 e. The van der Waals surface area contributed by atoms with Crippen molar-refractivity contribution in [3.05, 3.63) is 36.0 Å². The first-order chi connectivity index (χ1) is 9.99. The Balaban J connectivity index is 2.21. The van der Waals surface area contributed by atoms with Crippen molar-refractivity contribution in [1.29, 1.82) is 0 Å². The average molecular weight is 301 g/mol. The number of amides is 2. The zero-order valence-electron chi connectivity index (χ0n) is 11.0. The molecule has 0 radical (unpaired) electrons. The Morgan fingerprint density at radius 3 is 2.43 bits per heavy atom. The Bertz CT molecular complexity index is 789. The highest BCUT2D eigenvalue weighted by atomic mass is 32.1. The zero-order valence-corrected chi connectivity index (χ0v) is 11.9. The molecule has 7 heteroatoms. The Morgan fingerprint density at radius 1 is 1.19 bits per heavy atom. The molecule has 2 N–H and O–H groups in total. The molecule has 1 aliphatic heterocycles. The third kappa shape index (κ3) is 2.11. The minimum absolute atomic E-state index is 0.00319. The SMILES string of the molecule is CC(=O)n1cc(C2C(=O)NC(=S)NC2=O)c2ccccc21. The summed E-state index contributed by atoms with van der Waals surface area (Å²) in [5.74, 6) is -2.20. The lowest BCUT2D eigenvalue weighted by molar-refractivity contribution is -0.131. The van der Waals surface area contributed by atoms with Crippen LogP contribution in [0, 0.1) is 0 Å². The molecular weight excluding hydrogens is 290 g/mol. The van der Waals surface area contributed by atoms with Crippen LogP contribution in [0.25, 0.3) is 10.9 Å². The van der Waals surface area contributed by atoms with E-state index < -0.39 is 17.7 Å². The van der Waals surface area contributed by atoms with E-state index in [2.05, 4.69) is 10.6 Å². The van der Waals surface area contributed by atoms with Crippen LogP contribution in [-0.4, -0.2) is 27.4 Å². The normalized spacial score (nSPS) is 16.0. The van der Waals surface area contributed by atoms with E-state index in [4.69, 9.17) is 12.2 Å². The average Bonchev–Trinajstić information content (AvgIpc) is 2.78. The molecule has 1 aromatic heterocycles. The Kier molecular flexibility index (Phi) is 3.06. The highest BCUT2D eigenvalue weighted by Gasteiger charge is 2.36. The molecule has 6 nitrogen and oxygen atoms in total. The quantitative estimate of drug-likeness (QED) is 0.606. The zero-order chi connectivity index (χ0) is 15.1. The standard InChI is InChI=1S/C14H11N3O3S/c1-7(18)17-6-9(8-4-2-3-5-10(8)17)11-12(19)15-14(21)16-13(11)20/h2-6,11H,1H3,(H2,15,16,19,20,21). The van der Waals surface area contributed by atoms with Crippen LogP contribution >= 0.6 is 12.2 Å². The largest absolute Gasteiger partial charge is 0.302 e. The number of carbonyl (C=O) groups excluding carboxylic acids is 3. The summed E-state index contributed by atoms with van der Waals surface area (Å²) in [6.07, 6.45) is 1.53. The second-order valence-electron chi connectivity index (χ2n) is 4.73. The first kappa shape index (κ1) is 13.4. The Morgan fingerprint density at radius 2 is 1.81 bits per heavy atom. The summed E-state index contributed by atoms with van der Waals surface area (Å²) in [5, 5.41) is 5.54. The van der Waals surface area contributed by atoms with E-state index in [0.717, 1.165) is 0 Å². The highest BCUT2D eigenvalue weighted by molar-refractivity contribution is 7.80. The number of nitrogens with zero attached hydrogens (tertiary/aromatic N) is 1. The Labute approximate surface area is 125 Å². The lowest BCUT2D eigenvalue weighted by Gasteiger charge is -2.22. The van der Waals surface area contributed by atoms with Crippen LogP contribution in [0.3, 0.4) is 0 Å². The van der Waals surface area contributed by atoms with E-state index in [1.54, 1.807) is 24.3 Å². The number of para-hydroxylation sites is 1. The predicted octanol–water partition coefficient (Wildman–Crippen LogP) is 0.916. The molecule has 1 aliphatic rings. The van der Waals surface area contributed by atoms with E-state index in [0.29, 0.717) is 16.5 Å². The Hall–Kier alpha value is -2.54. The molecule has 1 saturated heterocycles. The summed E-state index contributed by atoms with van der Waals surface area (Å²) in [7, 11) is 0. The van der Waals surface area contributed by atoms with E-state index >= 15 is 0 Å². The van der Waals surface area contributed by atoms with Crippen molar-refractivity contribution in [3.8, 4) is 0 Å². The van der Waals surface area contributed by atoms with Crippen LogP contribution < -0.4 is 10.6 Å². The van der Waals surface area contributed by atoms with Gasteiger partial charge >= 0.3 is 0 Å². The molecule has 21 heavy (non-hydrogen) atoms. The van der Waals surface area contributed by atoms with Gasteiger partial charge in [-0.3, -0.25) is 19.0 Å². The number of rotatable bonds is 1. The molecule has 0 bridgehead atoms. The molecule has 0 saturated carbocycles. The van der Waals surface area contributed by atoms with E-state index in [1.165, 1.54) is 17.7 Å². The van der Waals surface area contributed by atoms with Crippen LogP contribution in [0.1, 0.15) is 23.2 Å². The van der Waals surface area contributed by atoms with Crippen LogP contribution in [0.2, 0.25) is 0 Å². The highest BCUT2D eigenvalue weighted by Crippen LogP contribution is 2.29. The number of fused-ring (bicyclic) bond motifs is 1. The lowest BCUT2D eigenvalue weighted by Crippen LogP contribution is -2.54. The molecular formula is C14H11N3O3S. The minimum Gasteiger partial charge on any atom is -0.302 e. The van der Waals surface area contributed by atoms with Crippen molar-refractivity contribution in [3.63, 3.8) is 0 Å². The van der Waals surface area contributed by atoms with Gasteiger partial charge in [-0.25, -0.2) is 0 Å². The van der Waals surface area contributed by atoms with Gasteiger partial charge in [0.15, 0.2) is 5.11 Å². The van der Waals surface area contributed by atoms with Crippen LogP contribution in [0.15, 0.2) is 30.5 Å². The van der Waals surface area contributed by atoms with E-state index in [-0.39, 0.29) is 11.0 Å². The molecule has 0 atom stereocenters. The molecule has 0 spiro atoms. The van der Waals surface area contributed by atoms with Gasteiger partial charge in [-0.05, 0) is 23.8 Å². The lowest BCUT2D eigenvalue weighted by atomic mass is 9.95. The molecule has 2 amide bonds. The fourth-order valence-electron chi connectivity index (χ4n) is 2.50. The molecule has 0 unspecified atom stereocenters. The van der Waals surface area contributed by atoms with Crippen molar-refractivity contribution < 1.29 is 14.4 Å². The molecule has 2 heterocycles. The van der Waals surface area contributed by atoms with Gasteiger partial charge in [0.05, 0.1) is 5.52 Å². The molecule has 106 valence electrons. The van der Waals surface area contributed by atoms with Crippen LogP contribution in [-0.2, 0) is 9.59 Å². The second-order valence-corrected chi connectivity index (χ2v) is 5.14. The van der Waals surface area contributed by atoms with Crippen molar-refractivity contribution in [1.82, 2.24) is 15.2 Å². The molecule has 3 rings (SSSR count). The summed E-state index contributed by atoms with van der Waals surface area (Å²) >= 11 is 4.78. The summed E-state index contributed by atoms with van der Waals surface area (Å²) < 4.78 is 1.43. The van der Waals surface area contributed by atoms with Crippen molar-refractivity contribution in [2.75, 3.05) is 0 Å². The van der Waals surface area contributed by atoms with E-state index in [9.17, 15) is 14.4 Å². The van der Waals surface area contributed by atoms with Gasteiger partial charge in [0.25, 0.3) is 0 Å². The maximum absolute atomic E-state index is 12.1. The van der Waals surface area contributed by atoms with Gasteiger partial charge in [0.1, 0.15) is 5.92 Å². The van der Waals surface area contributed by atoms with Crippen molar-refractivity contribution >= 4 is 46.0 Å². The van der Waals surface area contributed by atoms with Gasteiger partial charge in [-0.15, -0.1) is 0 Å². The van der Waals surface area contributed by atoms with Crippen LogP contribution in [0.4, 0.5) is 0 Å². The third-order valence-electron chi connectivity index (χ3n) is 3.39. The number of thiocarbonyl (C=S) groups is 1. The van der Waals surface area contributed by atoms with Crippen molar-refractivity contribution in [2.24, 2.45) is 0 Å². The fourth-order valence-corrected chi connectivity index (χ4v) is 2.70. The van der Waals surface area contributed by atoms with Gasteiger partial charge in [-0.1, -0.05) is 18.2 Å². The molecule has 1 fully saturated rings.